The molecule has 1 aromatic rings. The number of rotatable bonds is 7. The van der Waals surface area contributed by atoms with Crippen LogP contribution in [0.2, 0.25) is 0 Å². The first-order valence-electron chi connectivity index (χ1n) is 8.37. The van der Waals surface area contributed by atoms with Gasteiger partial charge in [0.25, 0.3) is 11.6 Å². The number of nitrogens with one attached hydrogen (secondary N) is 1. The molecule has 0 spiro atoms. The molecule has 3 amide bonds. The number of carbonyl (C=O) groups excluding carboxylic acids is 3. The van der Waals surface area contributed by atoms with Crippen LogP contribution >= 0.6 is 0 Å². The number of amides is 3. The summed E-state index contributed by atoms with van der Waals surface area (Å²) < 4.78 is 10.2. The third-order valence-electron chi connectivity index (χ3n) is 4.85. The lowest BCUT2D eigenvalue weighted by atomic mass is 9.96. The summed E-state index contributed by atoms with van der Waals surface area (Å²) in [7, 11) is 1.39. The molecule has 1 aliphatic heterocycles. The smallest absolute Gasteiger partial charge is 0.326 e. The Morgan fingerprint density at radius 3 is 2.70 bits per heavy atom. The summed E-state index contributed by atoms with van der Waals surface area (Å²) >= 11 is 0. The van der Waals surface area contributed by atoms with Gasteiger partial charge in [-0.15, -0.1) is 0 Å². The minimum absolute atomic E-state index is 0.0871. The van der Waals surface area contributed by atoms with Gasteiger partial charge in [-0.3, -0.25) is 24.6 Å². The molecule has 1 aliphatic carbocycles. The molecule has 0 bridgehead atoms. The molecule has 10 nitrogen and oxygen atoms in total. The molecule has 2 fully saturated rings. The zero-order valence-electron chi connectivity index (χ0n) is 14.9. The number of nitro groups is 1. The summed E-state index contributed by atoms with van der Waals surface area (Å²) in [5, 5.41) is 13.5. The molecule has 1 saturated heterocycles. The lowest BCUT2D eigenvalue weighted by Crippen LogP contribution is -2.46. The number of imide groups is 1. The summed E-state index contributed by atoms with van der Waals surface area (Å²) in [5.74, 6) is -0.833. The maximum atomic E-state index is 12.5. The van der Waals surface area contributed by atoms with Gasteiger partial charge in [0.1, 0.15) is 24.4 Å². The van der Waals surface area contributed by atoms with E-state index in [9.17, 15) is 24.5 Å². The molecule has 27 heavy (non-hydrogen) atoms. The highest BCUT2D eigenvalue weighted by Gasteiger charge is 2.56. The van der Waals surface area contributed by atoms with E-state index in [1.807, 2.05) is 0 Å². The second-order valence-corrected chi connectivity index (χ2v) is 6.71. The average molecular weight is 377 g/mol. The number of hydrogen-bond acceptors (Lipinski definition) is 7. The van der Waals surface area contributed by atoms with Gasteiger partial charge in [-0.1, -0.05) is 0 Å². The van der Waals surface area contributed by atoms with Crippen molar-refractivity contribution in [3.63, 3.8) is 0 Å². The molecule has 1 atom stereocenters. The average Bonchev–Trinajstić information content (AvgIpc) is 3.45. The molecular weight excluding hydrogens is 358 g/mol. The summed E-state index contributed by atoms with van der Waals surface area (Å²) in [6.45, 7) is 0.849. The van der Waals surface area contributed by atoms with Crippen LogP contribution in [0.3, 0.4) is 0 Å². The van der Waals surface area contributed by atoms with Crippen LogP contribution in [-0.2, 0) is 20.9 Å². The number of non-ortho nitro benzene ring substituents is 1. The fraction of sp³-hybridized carbons (Fsp3) is 0.471. The van der Waals surface area contributed by atoms with Crippen molar-refractivity contribution >= 4 is 23.6 Å². The van der Waals surface area contributed by atoms with Crippen LogP contribution in [0.25, 0.3) is 0 Å². The number of hydrogen-bond donors (Lipinski definition) is 1. The SMILES string of the molecule is COc1ccc([N+](=O)[O-])cc1COC(=O)CN1C(=O)NC(C)(C2CC2)C1=O. The molecule has 1 saturated carbocycles. The van der Waals surface area contributed by atoms with Crippen molar-refractivity contribution < 1.29 is 28.8 Å². The second-order valence-electron chi connectivity index (χ2n) is 6.71. The number of nitrogens with zero attached hydrogens (tertiary/aromatic N) is 2. The van der Waals surface area contributed by atoms with E-state index >= 15 is 0 Å². The van der Waals surface area contributed by atoms with E-state index in [1.54, 1.807) is 6.92 Å². The Labute approximate surface area is 154 Å². The van der Waals surface area contributed by atoms with Gasteiger partial charge < -0.3 is 14.8 Å². The summed E-state index contributed by atoms with van der Waals surface area (Å²) in [6.07, 6.45) is 1.71. The van der Waals surface area contributed by atoms with Crippen LogP contribution in [0.15, 0.2) is 18.2 Å². The number of ether oxygens (including phenoxy) is 2. The number of carbonyl (C=O) groups is 3. The van der Waals surface area contributed by atoms with Gasteiger partial charge in [-0.2, -0.15) is 0 Å². The molecule has 0 aromatic heterocycles. The number of methoxy groups -OCH3 is 1. The molecule has 1 N–H and O–H groups in total. The predicted octanol–water partition coefficient (Wildman–Crippen LogP) is 1.37. The monoisotopic (exact) mass is 377 g/mol. The molecule has 1 heterocycles. The van der Waals surface area contributed by atoms with Crippen LogP contribution in [0.5, 0.6) is 5.75 Å². The van der Waals surface area contributed by atoms with Gasteiger partial charge in [0.2, 0.25) is 0 Å². The van der Waals surface area contributed by atoms with Gasteiger partial charge in [0, 0.05) is 17.7 Å². The van der Waals surface area contributed by atoms with Crippen LogP contribution < -0.4 is 10.1 Å². The molecule has 144 valence electrons. The second kappa shape index (κ2) is 6.86. The van der Waals surface area contributed by atoms with E-state index in [-0.39, 0.29) is 18.2 Å². The summed E-state index contributed by atoms with van der Waals surface area (Å²) in [6, 6.07) is 3.29. The highest BCUT2D eigenvalue weighted by atomic mass is 16.6. The van der Waals surface area contributed by atoms with Crippen LogP contribution in [0, 0.1) is 16.0 Å². The zero-order chi connectivity index (χ0) is 19.8. The number of urea groups is 1. The zero-order valence-corrected chi connectivity index (χ0v) is 14.9. The van der Waals surface area contributed by atoms with E-state index in [0.29, 0.717) is 11.3 Å². The summed E-state index contributed by atoms with van der Waals surface area (Å²) in [5.41, 5.74) is -0.836. The normalized spacial score (nSPS) is 21.8. The number of nitro benzene ring substituents is 1. The molecule has 10 heteroatoms. The summed E-state index contributed by atoms with van der Waals surface area (Å²) in [4.78, 5) is 47.8. The molecule has 3 rings (SSSR count). The van der Waals surface area contributed by atoms with E-state index in [2.05, 4.69) is 5.32 Å². The Bertz CT molecular complexity index is 821. The Morgan fingerprint density at radius 2 is 2.11 bits per heavy atom. The lowest BCUT2D eigenvalue weighted by Gasteiger charge is -2.20. The van der Waals surface area contributed by atoms with Crippen molar-refractivity contribution in [3.05, 3.63) is 33.9 Å². The van der Waals surface area contributed by atoms with Gasteiger partial charge in [0.05, 0.1) is 12.0 Å². The fourth-order valence-corrected chi connectivity index (χ4v) is 3.12. The van der Waals surface area contributed by atoms with E-state index in [0.717, 1.165) is 17.7 Å². The standard InChI is InChI=1S/C17H19N3O7/c1-17(11-3-4-11)15(22)19(16(23)18-17)8-14(21)27-9-10-7-12(20(24)25)5-6-13(10)26-2/h5-7,11H,3-4,8-9H2,1-2H3,(H,18,23). The maximum absolute atomic E-state index is 12.5. The Hall–Kier alpha value is -3.17. The van der Waals surface area contributed by atoms with Crippen molar-refractivity contribution in [3.8, 4) is 5.75 Å². The van der Waals surface area contributed by atoms with Crippen molar-refractivity contribution in [2.45, 2.75) is 31.9 Å². The van der Waals surface area contributed by atoms with E-state index < -0.39 is 34.9 Å². The third-order valence-corrected chi connectivity index (χ3v) is 4.85. The minimum Gasteiger partial charge on any atom is -0.496 e. The van der Waals surface area contributed by atoms with Crippen molar-refractivity contribution in [2.75, 3.05) is 13.7 Å². The van der Waals surface area contributed by atoms with Gasteiger partial charge in [0.15, 0.2) is 0 Å². The van der Waals surface area contributed by atoms with Crippen LogP contribution in [-0.4, -0.2) is 46.9 Å². The quantitative estimate of drug-likeness (QED) is 0.329. The van der Waals surface area contributed by atoms with E-state index in [4.69, 9.17) is 9.47 Å². The topological polar surface area (TPSA) is 128 Å². The molecule has 0 radical (unpaired) electrons. The first-order valence-corrected chi connectivity index (χ1v) is 8.37. The highest BCUT2D eigenvalue weighted by molar-refractivity contribution is 6.08. The lowest BCUT2D eigenvalue weighted by molar-refractivity contribution is -0.385. The van der Waals surface area contributed by atoms with Crippen LogP contribution in [0.1, 0.15) is 25.3 Å². The first-order chi connectivity index (χ1) is 12.8. The molecular formula is C17H19N3O7. The number of esters is 1. The van der Waals surface area contributed by atoms with Crippen LogP contribution in [0.4, 0.5) is 10.5 Å². The van der Waals surface area contributed by atoms with Gasteiger partial charge in [-0.05, 0) is 31.7 Å². The Kier molecular flexibility index (Phi) is 4.73. The fourth-order valence-electron chi connectivity index (χ4n) is 3.12. The van der Waals surface area contributed by atoms with Gasteiger partial charge in [-0.25, -0.2) is 4.79 Å². The largest absolute Gasteiger partial charge is 0.496 e. The third kappa shape index (κ3) is 3.55. The van der Waals surface area contributed by atoms with Crippen molar-refractivity contribution in [1.29, 1.82) is 0 Å². The number of benzene rings is 1. The minimum atomic E-state index is -0.972. The Balaban J connectivity index is 1.63. The molecule has 2 aliphatic rings. The molecule has 1 unspecified atom stereocenters. The predicted molar refractivity (Wildman–Crippen MR) is 90.8 cm³/mol. The Morgan fingerprint density at radius 1 is 1.41 bits per heavy atom. The van der Waals surface area contributed by atoms with Crippen molar-refractivity contribution in [2.24, 2.45) is 5.92 Å². The molecule has 1 aromatic carbocycles. The highest BCUT2D eigenvalue weighted by Crippen LogP contribution is 2.42. The maximum Gasteiger partial charge on any atom is 0.326 e. The van der Waals surface area contributed by atoms with E-state index in [1.165, 1.54) is 25.3 Å². The van der Waals surface area contributed by atoms with Gasteiger partial charge >= 0.3 is 12.0 Å². The first kappa shape index (κ1) is 18.6. The van der Waals surface area contributed by atoms with Crippen molar-refractivity contribution in [1.82, 2.24) is 10.2 Å².